The quantitative estimate of drug-likeness (QED) is 0.843. The Bertz CT molecular complexity index is 362. The number of hydrogen-bond donors (Lipinski definition) is 1. The third kappa shape index (κ3) is 2.45. The second-order valence-corrected chi connectivity index (χ2v) is 4.87. The molecule has 1 aliphatic heterocycles. The highest BCUT2D eigenvalue weighted by Gasteiger charge is 2.23. The van der Waals surface area contributed by atoms with E-state index >= 15 is 0 Å². The summed E-state index contributed by atoms with van der Waals surface area (Å²) in [5.41, 5.74) is 4.07. The summed E-state index contributed by atoms with van der Waals surface area (Å²) in [5, 5.41) is 9.27. The summed E-state index contributed by atoms with van der Waals surface area (Å²) in [4.78, 5) is 2.39. The van der Waals surface area contributed by atoms with Gasteiger partial charge in [0.15, 0.2) is 0 Å². The fourth-order valence-electron chi connectivity index (χ4n) is 2.45. The lowest BCUT2D eigenvalue weighted by atomic mass is 10.1. The molecule has 2 nitrogen and oxygen atoms in total. The average Bonchev–Trinajstić information content (AvgIpc) is 2.71. The third-order valence-electron chi connectivity index (χ3n) is 3.67. The Kier molecular flexibility index (Phi) is 3.62. The van der Waals surface area contributed by atoms with E-state index in [0.717, 1.165) is 19.5 Å². The molecule has 1 heterocycles. The maximum Gasteiger partial charge on any atom is 0.0587 e. The molecule has 0 aliphatic carbocycles. The minimum Gasteiger partial charge on any atom is -0.395 e. The second-order valence-electron chi connectivity index (χ2n) is 4.87. The molecule has 0 amide bonds. The maximum atomic E-state index is 9.27. The molecular formula is C14H21NO. The SMILES string of the molecule is Cc1ccc(CN2CCC[C@H]2CO)cc1C. The highest BCUT2D eigenvalue weighted by atomic mass is 16.3. The Hall–Kier alpha value is -0.860. The summed E-state index contributed by atoms with van der Waals surface area (Å²) in [5.74, 6) is 0. The van der Waals surface area contributed by atoms with Crippen LogP contribution in [0, 0.1) is 13.8 Å². The number of aliphatic hydroxyl groups excluding tert-OH is 1. The highest BCUT2D eigenvalue weighted by Crippen LogP contribution is 2.20. The van der Waals surface area contributed by atoms with Gasteiger partial charge in [-0.2, -0.15) is 0 Å². The Morgan fingerprint density at radius 2 is 2.12 bits per heavy atom. The number of benzene rings is 1. The maximum absolute atomic E-state index is 9.27. The first-order chi connectivity index (χ1) is 7.70. The standard InChI is InChI=1S/C14H21NO/c1-11-5-6-13(8-12(11)2)9-15-7-3-4-14(15)10-16/h5-6,8,14,16H,3-4,7,9-10H2,1-2H3/t14-/m0/s1. The van der Waals surface area contributed by atoms with Gasteiger partial charge >= 0.3 is 0 Å². The van der Waals surface area contributed by atoms with Gasteiger partial charge in [0.05, 0.1) is 6.61 Å². The molecule has 0 bridgehead atoms. The lowest BCUT2D eigenvalue weighted by molar-refractivity contribution is 0.153. The van der Waals surface area contributed by atoms with Crippen molar-refractivity contribution in [1.82, 2.24) is 4.90 Å². The molecule has 88 valence electrons. The first-order valence-electron chi connectivity index (χ1n) is 6.11. The monoisotopic (exact) mass is 219 g/mol. The van der Waals surface area contributed by atoms with Gasteiger partial charge in [0, 0.05) is 12.6 Å². The summed E-state index contributed by atoms with van der Waals surface area (Å²) < 4.78 is 0. The molecule has 2 rings (SSSR count). The van der Waals surface area contributed by atoms with Crippen molar-refractivity contribution in [1.29, 1.82) is 0 Å². The molecule has 0 saturated carbocycles. The van der Waals surface area contributed by atoms with Crippen LogP contribution in [-0.4, -0.2) is 29.2 Å². The molecule has 1 aliphatic rings. The van der Waals surface area contributed by atoms with Gasteiger partial charge in [-0.1, -0.05) is 18.2 Å². The number of rotatable bonds is 3. The number of aliphatic hydroxyl groups is 1. The van der Waals surface area contributed by atoms with E-state index in [9.17, 15) is 5.11 Å². The summed E-state index contributed by atoms with van der Waals surface area (Å²) in [6, 6.07) is 7.04. The predicted octanol–water partition coefficient (Wildman–Crippen LogP) is 2.26. The summed E-state index contributed by atoms with van der Waals surface area (Å²) in [6.45, 7) is 6.70. The van der Waals surface area contributed by atoms with Crippen molar-refractivity contribution in [3.8, 4) is 0 Å². The lowest BCUT2D eigenvalue weighted by Gasteiger charge is -2.22. The Morgan fingerprint density at radius 1 is 1.31 bits per heavy atom. The van der Waals surface area contributed by atoms with E-state index in [2.05, 4.69) is 36.9 Å². The van der Waals surface area contributed by atoms with Crippen LogP contribution in [0.2, 0.25) is 0 Å². The largest absolute Gasteiger partial charge is 0.395 e. The molecule has 0 spiro atoms. The van der Waals surface area contributed by atoms with Gasteiger partial charge in [0.1, 0.15) is 0 Å². The average molecular weight is 219 g/mol. The van der Waals surface area contributed by atoms with Crippen LogP contribution in [0.1, 0.15) is 29.5 Å². The minimum absolute atomic E-state index is 0.296. The zero-order valence-electron chi connectivity index (χ0n) is 10.2. The topological polar surface area (TPSA) is 23.5 Å². The molecule has 1 saturated heterocycles. The fraction of sp³-hybridized carbons (Fsp3) is 0.571. The smallest absolute Gasteiger partial charge is 0.0587 e. The van der Waals surface area contributed by atoms with E-state index in [1.165, 1.54) is 23.1 Å². The minimum atomic E-state index is 0.296. The van der Waals surface area contributed by atoms with Crippen LogP contribution in [0.25, 0.3) is 0 Å². The molecule has 1 aromatic carbocycles. The first kappa shape index (κ1) is 11.6. The normalized spacial score (nSPS) is 21.6. The molecule has 1 atom stereocenters. The van der Waals surface area contributed by atoms with Crippen LogP contribution in [0.15, 0.2) is 18.2 Å². The van der Waals surface area contributed by atoms with E-state index in [4.69, 9.17) is 0 Å². The van der Waals surface area contributed by atoms with E-state index in [-0.39, 0.29) is 0 Å². The summed E-state index contributed by atoms with van der Waals surface area (Å²) in [6.07, 6.45) is 2.36. The van der Waals surface area contributed by atoms with E-state index in [1.807, 2.05) is 0 Å². The molecule has 0 radical (unpaired) electrons. The van der Waals surface area contributed by atoms with Gasteiger partial charge in [0.25, 0.3) is 0 Å². The molecule has 1 fully saturated rings. The van der Waals surface area contributed by atoms with Crippen molar-refractivity contribution in [2.24, 2.45) is 0 Å². The molecule has 1 aromatic rings. The van der Waals surface area contributed by atoms with Gasteiger partial charge in [-0.3, -0.25) is 4.90 Å². The van der Waals surface area contributed by atoms with E-state index < -0.39 is 0 Å². The number of nitrogens with zero attached hydrogens (tertiary/aromatic N) is 1. The Morgan fingerprint density at radius 3 is 2.81 bits per heavy atom. The number of hydrogen-bond acceptors (Lipinski definition) is 2. The van der Waals surface area contributed by atoms with Crippen LogP contribution >= 0.6 is 0 Å². The van der Waals surface area contributed by atoms with Gasteiger partial charge < -0.3 is 5.11 Å². The number of aryl methyl sites for hydroxylation is 2. The van der Waals surface area contributed by atoms with Crippen molar-refractivity contribution in [3.63, 3.8) is 0 Å². The molecular weight excluding hydrogens is 198 g/mol. The van der Waals surface area contributed by atoms with E-state index in [1.54, 1.807) is 0 Å². The van der Waals surface area contributed by atoms with Crippen LogP contribution in [0.3, 0.4) is 0 Å². The zero-order chi connectivity index (χ0) is 11.5. The highest BCUT2D eigenvalue weighted by molar-refractivity contribution is 5.29. The van der Waals surface area contributed by atoms with Crippen molar-refractivity contribution >= 4 is 0 Å². The predicted molar refractivity (Wildman–Crippen MR) is 66.4 cm³/mol. The Labute approximate surface area is 97.9 Å². The van der Waals surface area contributed by atoms with E-state index in [0.29, 0.717) is 12.6 Å². The van der Waals surface area contributed by atoms with Crippen LogP contribution in [-0.2, 0) is 6.54 Å². The van der Waals surface area contributed by atoms with Crippen molar-refractivity contribution in [2.75, 3.05) is 13.2 Å². The molecule has 16 heavy (non-hydrogen) atoms. The van der Waals surface area contributed by atoms with Crippen LogP contribution in [0.5, 0.6) is 0 Å². The summed E-state index contributed by atoms with van der Waals surface area (Å²) >= 11 is 0. The number of likely N-dealkylation sites (tertiary alicyclic amines) is 1. The van der Waals surface area contributed by atoms with Crippen molar-refractivity contribution < 1.29 is 5.11 Å². The van der Waals surface area contributed by atoms with Gasteiger partial charge in [-0.25, -0.2) is 0 Å². The zero-order valence-corrected chi connectivity index (χ0v) is 10.2. The van der Waals surface area contributed by atoms with Crippen molar-refractivity contribution in [3.05, 3.63) is 34.9 Å². The van der Waals surface area contributed by atoms with Crippen molar-refractivity contribution in [2.45, 2.75) is 39.3 Å². The summed E-state index contributed by atoms with van der Waals surface area (Å²) in [7, 11) is 0. The van der Waals surface area contributed by atoms with Crippen LogP contribution < -0.4 is 0 Å². The molecule has 0 unspecified atom stereocenters. The molecule has 0 aromatic heterocycles. The molecule has 1 N–H and O–H groups in total. The fourth-order valence-corrected chi connectivity index (χ4v) is 2.45. The van der Waals surface area contributed by atoms with Gasteiger partial charge in [0.2, 0.25) is 0 Å². The van der Waals surface area contributed by atoms with Gasteiger partial charge in [-0.15, -0.1) is 0 Å². The van der Waals surface area contributed by atoms with Crippen LogP contribution in [0.4, 0.5) is 0 Å². The lowest BCUT2D eigenvalue weighted by Crippen LogP contribution is -2.31. The first-order valence-corrected chi connectivity index (χ1v) is 6.11. The Balaban J connectivity index is 2.05. The molecule has 2 heteroatoms. The second kappa shape index (κ2) is 4.98. The van der Waals surface area contributed by atoms with Gasteiger partial charge in [-0.05, 0) is 49.9 Å². The third-order valence-corrected chi connectivity index (χ3v) is 3.67.